The number of para-hydroxylation sites is 1. The van der Waals surface area contributed by atoms with Crippen LogP contribution in [-0.4, -0.2) is 39.0 Å². The van der Waals surface area contributed by atoms with Crippen LogP contribution in [0.2, 0.25) is 0 Å². The quantitative estimate of drug-likeness (QED) is 0.630. The van der Waals surface area contributed by atoms with Crippen LogP contribution in [0.4, 0.5) is 0 Å². The minimum atomic E-state index is -2.86. The molecular formula is C18H25N3O3S. The minimum Gasteiger partial charge on any atom is -0.459 e. The Morgan fingerprint density at radius 1 is 1.40 bits per heavy atom. The molecule has 2 heterocycles. The van der Waals surface area contributed by atoms with Crippen LogP contribution in [0.5, 0.6) is 0 Å². The van der Waals surface area contributed by atoms with Gasteiger partial charge in [-0.15, -0.1) is 0 Å². The van der Waals surface area contributed by atoms with Crippen LogP contribution < -0.4 is 10.6 Å². The Morgan fingerprint density at radius 2 is 2.20 bits per heavy atom. The standard InChI is InChI=1S/C18H25N3O3S/c1-3-19-18(20-11-14-8-9-25(22,23)12-14)21-13(2)17-10-15-6-4-5-7-16(15)24-17/h4-7,10,13-14H,3,8-9,11-12H2,1-2H3,(H2,19,20,21). The first-order valence-electron chi connectivity index (χ1n) is 8.70. The summed E-state index contributed by atoms with van der Waals surface area (Å²) in [4.78, 5) is 4.57. The molecule has 2 aromatic rings. The Kier molecular flexibility index (Phi) is 5.32. The van der Waals surface area contributed by atoms with Crippen molar-refractivity contribution in [1.29, 1.82) is 0 Å². The van der Waals surface area contributed by atoms with Crippen LogP contribution in [0.3, 0.4) is 0 Å². The van der Waals surface area contributed by atoms with Crippen molar-refractivity contribution in [2.75, 3.05) is 24.6 Å². The maximum absolute atomic E-state index is 11.6. The second-order valence-electron chi connectivity index (χ2n) is 6.54. The summed E-state index contributed by atoms with van der Waals surface area (Å²) < 4.78 is 29.0. The number of nitrogens with zero attached hydrogens (tertiary/aromatic N) is 1. The summed E-state index contributed by atoms with van der Waals surface area (Å²) in [5.41, 5.74) is 0.865. The van der Waals surface area contributed by atoms with Crippen molar-refractivity contribution in [3.8, 4) is 0 Å². The summed E-state index contributed by atoms with van der Waals surface area (Å²) in [5.74, 6) is 2.17. The Hall–Kier alpha value is -2.02. The minimum absolute atomic E-state index is 0.0440. The summed E-state index contributed by atoms with van der Waals surface area (Å²) >= 11 is 0. The third-order valence-electron chi connectivity index (χ3n) is 4.40. The molecule has 0 aliphatic carbocycles. The van der Waals surface area contributed by atoms with E-state index in [2.05, 4.69) is 15.6 Å². The summed E-state index contributed by atoms with van der Waals surface area (Å²) in [7, 11) is -2.86. The first-order chi connectivity index (χ1) is 12.0. The lowest BCUT2D eigenvalue weighted by atomic mass is 10.1. The van der Waals surface area contributed by atoms with E-state index in [9.17, 15) is 8.42 Å². The zero-order valence-corrected chi connectivity index (χ0v) is 15.5. The first kappa shape index (κ1) is 17.8. The van der Waals surface area contributed by atoms with Gasteiger partial charge in [-0.25, -0.2) is 8.42 Å². The van der Waals surface area contributed by atoms with Gasteiger partial charge in [-0.3, -0.25) is 4.99 Å². The molecule has 2 unspecified atom stereocenters. The highest BCUT2D eigenvalue weighted by atomic mass is 32.2. The number of hydrogen-bond donors (Lipinski definition) is 2. The summed E-state index contributed by atoms with van der Waals surface area (Å²) in [6.07, 6.45) is 0.699. The summed E-state index contributed by atoms with van der Waals surface area (Å²) in [5, 5.41) is 7.62. The molecular weight excluding hydrogens is 338 g/mol. The van der Waals surface area contributed by atoms with Crippen LogP contribution in [-0.2, 0) is 9.84 Å². The number of rotatable bonds is 5. The van der Waals surface area contributed by atoms with Gasteiger partial charge in [0.15, 0.2) is 15.8 Å². The van der Waals surface area contributed by atoms with Gasteiger partial charge in [0, 0.05) is 18.5 Å². The SMILES string of the molecule is CCNC(=NCC1CCS(=O)(=O)C1)NC(C)c1cc2ccccc2o1. The van der Waals surface area contributed by atoms with E-state index < -0.39 is 9.84 Å². The van der Waals surface area contributed by atoms with Crippen molar-refractivity contribution >= 4 is 26.8 Å². The van der Waals surface area contributed by atoms with E-state index in [4.69, 9.17) is 4.42 Å². The molecule has 0 bridgehead atoms. The van der Waals surface area contributed by atoms with Crippen molar-refractivity contribution < 1.29 is 12.8 Å². The number of hydrogen-bond acceptors (Lipinski definition) is 4. The topological polar surface area (TPSA) is 83.7 Å². The monoisotopic (exact) mass is 363 g/mol. The van der Waals surface area contributed by atoms with Crippen molar-refractivity contribution in [3.05, 3.63) is 36.1 Å². The summed E-state index contributed by atoms with van der Waals surface area (Å²) in [6.45, 7) is 5.27. The Labute approximate surface area is 148 Å². The third kappa shape index (κ3) is 4.54. The number of guanidine groups is 1. The van der Waals surface area contributed by atoms with E-state index in [0.29, 0.717) is 18.9 Å². The van der Waals surface area contributed by atoms with Crippen LogP contribution in [0.25, 0.3) is 11.0 Å². The van der Waals surface area contributed by atoms with Gasteiger partial charge in [0.1, 0.15) is 11.3 Å². The highest BCUT2D eigenvalue weighted by Crippen LogP contribution is 2.23. The lowest BCUT2D eigenvalue weighted by molar-refractivity contribution is 0.487. The van der Waals surface area contributed by atoms with Gasteiger partial charge in [0.25, 0.3) is 0 Å². The van der Waals surface area contributed by atoms with E-state index in [0.717, 1.165) is 23.3 Å². The maximum Gasteiger partial charge on any atom is 0.191 e. The molecule has 0 radical (unpaired) electrons. The van der Waals surface area contributed by atoms with E-state index in [1.165, 1.54) is 0 Å². The number of furan rings is 1. The average Bonchev–Trinajstić information content (AvgIpc) is 3.15. The molecule has 0 saturated carbocycles. The number of nitrogens with one attached hydrogen (secondary N) is 2. The molecule has 3 rings (SSSR count). The van der Waals surface area contributed by atoms with Crippen LogP contribution >= 0.6 is 0 Å². The highest BCUT2D eigenvalue weighted by Gasteiger charge is 2.27. The van der Waals surface area contributed by atoms with Crippen molar-refractivity contribution in [1.82, 2.24) is 10.6 Å². The predicted molar refractivity (Wildman–Crippen MR) is 101 cm³/mol. The largest absolute Gasteiger partial charge is 0.459 e. The first-order valence-corrected chi connectivity index (χ1v) is 10.5. The van der Waals surface area contributed by atoms with Gasteiger partial charge in [-0.1, -0.05) is 18.2 Å². The molecule has 6 nitrogen and oxygen atoms in total. The molecule has 0 spiro atoms. The molecule has 25 heavy (non-hydrogen) atoms. The van der Waals surface area contributed by atoms with Crippen molar-refractivity contribution in [2.45, 2.75) is 26.3 Å². The van der Waals surface area contributed by atoms with Gasteiger partial charge in [0.05, 0.1) is 17.5 Å². The van der Waals surface area contributed by atoms with Crippen LogP contribution in [0, 0.1) is 5.92 Å². The predicted octanol–water partition coefficient (Wildman–Crippen LogP) is 2.48. The fourth-order valence-corrected chi connectivity index (χ4v) is 4.90. The molecule has 1 fully saturated rings. The number of fused-ring (bicyclic) bond motifs is 1. The molecule has 1 saturated heterocycles. The molecule has 2 N–H and O–H groups in total. The molecule has 1 aromatic carbocycles. The van der Waals surface area contributed by atoms with Gasteiger partial charge in [-0.2, -0.15) is 0 Å². The van der Waals surface area contributed by atoms with Crippen LogP contribution in [0.1, 0.15) is 32.1 Å². The van der Waals surface area contributed by atoms with Crippen molar-refractivity contribution in [3.63, 3.8) is 0 Å². The molecule has 1 aliphatic rings. The molecule has 1 aromatic heterocycles. The molecule has 7 heteroatoms. The highest BCUT2D eigenvalue weighted by molar-refractivity contribution is 7.91. The van der Waals surface area contributed by atoms with E-state index in [-0.39, 0.29) is 23.5 Å². The lowest BCUT2D eigenvalue weighted by Crippen LogP contribution is -2.39. The van der Waals surface area contributed by atoms with Crippen LogP contribution in [0.15, 0.2) is 39.7 Å². The van der Waals surface area contributed by atoms with Gasteiger partial charge in [-0.05, 0) is 38.3 Å². The third-order valence-corrected chi connectivity index (χ3v) is 6.24. The van der Waals surface area contributed by atoms with Gasteiger partial charge < -0.3 is 15.1 Å². The lowest BCUT2D eigenvalue weighted by Gasteiger charge is -2.16. The number of sulfone groups is 1. The normalized spacial score (nSPS) is 21.4. The van der Waals surface area contributed by atoms with E-state index in [1.807, 2.05) is 44.2 Å². The Balaban J connectivity index is 1.66. The fraction of sp³-hybridized carbons (Fsp3) is 0.500. The van der Waals surface area contributed by atoms with Gasteiger partial charge in [0.2, 0.25) is 0 Å². The van der Waals surface area contributed by atoms with E-state index >= 15 is 0 Å². The average molecular weight is 363 g/mol. The Morgan fingerprint density at radius 3 is 2.88 bits per heavy atom. The summed E-state index contributed by atoms with van der Waals surface area (Å²) in [6, 6.07) is 9.90. The maximum atomic E-state index is 11.6. The van der Waals surface area contributed by atoms with E-state index in [1.54, 1.807) is 0 Å². The number of aliphatic imine (C=N–C) groups is 1. The second kappa shape index (κ2) is 7.47. The fourth-order valence-electron chi connectivity index (χ4n) is 3.05. The molecule has 136 valence electrons. The van der Waals surface area contributed by atoms with Gasteiger partial charge >= 0.3 is 0 Å². The number of benzene rings is 1. The Bertz CT molecular complexity index is 824. The molecule has 1 aliphatic heterocycles. The second-order valence-corrected chi connectivity index (χ2v) is 8.77. The van der Waals surface area contributed by atoms with Crippen molar-refractivity contribution in [2.24, 2.45) is 10.9 Å². The zero-order valence-electron chi connectivity index (χ0n) is 14.7. The molecule has 0 amide bonds. The smallest absolute Gasteiger partial charge is 0.191 e. The zero-order chi connectivity index (χ0) is 17.9. The molecule has 2 atom stereocenters.